The fourth-order valence-electron chi connectivity index (χ4n) is 2.95. The van der Waals surface area contributed by atoms with Crippen LogP contribution in [0.4, 0.5) is 0 Å². The smallest absolute Gasteiger partial charge is 0.295 e. The zero-order valence-corrected chi connectivity index (χ0v) is 15.4. The van der Waals surface area contributed by atoms with Crippen LogP contribution in [0.5, 0.6) is 5.75 Å². The summed E-state index contributed by atoms with van der Waals surface area (Å²) in [4.78, 5) is 12.7. The summed E-state index contributed by atoms with van der Waals surface area (Å²) < 4.78 is 8.46. The first kappa shape index (κ1) is 17.9. The van der Waals surface area contributed by atoms with E-state index in [4.69, 9.17) is 4.74 Å². The molecule has 4 aromatic rings. The van der Waals surface area contributed by atoms with Crippen LogP contribution >= 0.6 is 0 Å². The predicted molar refractivity (Wildman–Crippen MR) is 106 cm³/mol. The molecule has 0 amide bonds. The highest BCUT2D eigenvalue weighted by Crippen LogP contribution is 2.13. The van der Waals surface area contributed by atoms with E-state index in [1.54, 1.807) is 17.1 Å². The number of rotatable bonds is 6. The molecule has 2 aromatic carbocycles. The van der Waals surface area contributed by atoms with E-state index >= 15 is 0 Å². The number of nitrogens with zero attached hydrogens (tertiary/aromatic N) is 4. The Morgan fingerprint density at radius 1 is 1.14 bits per heavy atom. The summed E-state index contributed by atoms with van der Waals surface area (Å²) in [5, 5.41) is 19.5. The van der Waals surface area contributed by atoms with Crippen LogP contribution in [0.1, 0.15) is 5.56 Å². The van der Waals surface area contributed by atoms with Crippen molar-refractivity contribution < 1.29 is 9.84 Å². The monoisotopic (exact) mass is 376 g/mol. The number of hydrogen-bond acceptors (Lipinski definition) is 5. The van der Waals surface area contributed by atoms with E-state index in [0.29, 0.717) is 16.7 Å². The molecule has 0 aliphatic carbocycles. The van der Waals surface area contributed by atoms with E-state index in [1.165, 1.54) is 4.68 Å². The Balaban J connectivity index is 1.51. The molecule has 0 saturated heterocycles. The molecular formula is C21H20N4O3. The van der Waals surface area contributed by atoms with Crippen molar-refractivity contribution in [1.82, 2.24) is 19.6 Å². The zero-order valence-electron chi connectivity index (χ0n) is 15.4. The zero-order chi connectivity index (χ0) is 19.5. The second-order valence-corrected chi connectivity index (χ2v) is 6.63. The number of benzene rings is 2. The summed E-state index contributed by atoms with van der Waals surface area (Å²) in [7, 11) is 0. The third kappa shape index (κ3) is 3.79. The molecule has 1 N–H and O–H groups in total. The fraction of sp³-hybridized carbons (Fsp3) is 0.190. The number of aliphatic hydroxyl groups is 1. The average molecular weight is 376 g/mol. The first-order valence-electron chi connectivity index (χ1n) is 8.98. The Bertz CT molecular complexity index is 1150. The topological polar surface area (TPSA) is 82.2 Å². The van der Waals surface area contributed by atoms with Crippen LogP contribution < -0.4 is 10.3 Å². The van der Waals surface area contributed by atoms with Gasteiger partial charge in [-0.05, 0) is 36.8 Å². The van der Waals surface area contributed by atoms with Crippen molar-refractivity contribution in [2.45, 2.75) is 19.6 Å². The first-order chi connectivity index (χ1) is 13.6. The van der Waals surface area contributed by atoms with Crippen LogP contribution in [0.15, 0.2) is 71.8 Å². The van der Waals surface area contributed by atoms with E-state index in [0.717, 1.165) is 11.3 Å². The minimum atomic E-state index is -0.876. The summed E-state index contributed by atoms with van der Waals surface area (Å²) in [6.07, 6.45) is 2.47. The highest BCUT2D eigenvalue weighted by molar-refractivity contribution is 5.76. The highest BCUT2D eigenvalue weighted by Gasteiger charge is 2.13. The highest BCUT2D eigenvalue weighted by atomic mass is 16.5. The van der Waals surface area contributed by atoms with Gasteiger partial charge in [-0.15, -0.1) is 0 Å². The SMILES string of the molecule is Cc1cccc(OCC(O)Cn2ncc3cn(-c4ccccc4)nc3c2=O)c1. The molecule has 7 nitrogen and oxygen atoms in total. The number of aromatic nitrogens is 4. The summed E-state index contributed by atoms with van der Waals surface area (Å²) >= 11 is 0. The van der Waals surface area contributed by atoms with Gasteiger partial charge in [0.05, 0.1) is 18.4 Å². The molecule has 1 unspecified atom stereocenters. The Labute approximate surface area is 161 Å². The normalized spacial score (nSPS) is 12.2. The van der Waals surface area contributed by atoms with Gasteiger partial charge in [0, 0.05) is 11.6 Å². The van der Waals surface area contributed by atoms with Gasteiger partial charge in [0.1, 0.15) is 18.5 Å². The maximum absolute atomic E-state index is 12.7. The van der Waals surface area contributed by atoms with Crippen LogP contribution in [0.3, 0.4) is 0 Å². The van der Waals surface area contributed by atoms with Crippen LogP contribution in [0.2, 0.25) is 0 Å². The fourth-order valence-corrected chi connectivity index (χ4v) is 2.95. The number of aliphatic hydroxyl groups excluding tert-OH is 1. The summed E-state index contributed by atoms with van der Waals surface area (Å²) in [6.45, 7) is 2.06. The molecule has 7 heteroatoms. The Kier molecular flexibility index (Phi) is 4.90. The minimum Gasteiger partial charge on any atom is -0.491 e. The third-order valence-corrected chi connectivity index (χ3v) is 4.35. The lowest BCUT2D eigenvalue weighted by molar-refractivity contribution is 0.0881. The van der Waals surface area contributed by atoms with Gasteiger partial charge in [0.25, 0.3) is 5.56 Å². The standard InChI is InChI=1S/C21H20N4O3/c1-15-6-5-9-19(10-15)28-14-18(26)13-25-21(27)20-16(11-22-25)12-24(23-20)17-7-3-2-4-8-17/h2-12,18,26H,13-14H2,1H3. The molecule has 142 valence electrons. The molecular weight excluding hydrogens is 356 g/mol. The van der Waals surface area contributed by atoms with Crippen molar-refractivity contribution >= 4 is 10.9 Å². The van der Waals surface area contributed by atoms with E-state index in [2.05, 4.69) is 10.2 Å². The molecule has 0 radical (unpaired) electrons. The van der Waals surface area contributed by atoms with Gasteiger partial charge in [-0.1, -0.05) is 30.3 Å². The van der Waals surface area contributed by atoms with Crippen molar-refractivity contribution in [3.05, 3.63) is 82.9 Å². The van der Waals surface area contributed by atoms with Crippen LogP contribution in [0, 0.1) is 6.92 Å². The number of para-hydroxylation sites is 1. The van der Waals surface area contributed by atoms with Gasteiger partial charge < -0.3 is 9.84 Å². The second kappa shape index (κ2) is 7.66. The lowest BCUT2D eigenvalue weighted by Crippen LogP contribution is -2.31. The Hall–Kier alpha value is -3.45. The lowest BCUT2D eigenvalue weighted by Gasteiger charge is -2.13. The molecule has 28 heavy (non-hydrogen) atoms. The number of ether oxygens (including phenoxy) is 1. The van der Waals surface area contributed by atoms with Crippen molar-refractivity contribution in [3.8, 4) is 11.4 Å². The quantitative estimate of drug-likeness (QED) is 0.559. The van der Waals surface area contributed by atoms with Gasteiger partial charge in [0.2, 0.25) is 0 Å². The molecule has 0 spiro atoms. The summed E-state index contributed by atoms with van der Waals surface area (Å²) in [6, 6.07) is 17.1. The van der Waals surface area contributed by atoms with Crippen LogP contribution in [-0.4, -0.2) is 37.4 Å². The molecule has 2 heterocycles. The maximum atomic E-state index is 12.7. The molecule has 2 aromatic heterocycles. The van der Waals surface area contributed by atoms with E-state index in [9.17, 15) is 9.90 Å². The van der Waals surface area contributed by atoms with Gasteiger partial charge in [0.15, 0.2) is 5.52 Å². The van der Waals surface area contributed by atoms with Crippen molar-refractivity contribution in [3.63, 3.8) is 0 Å². The summed E-state index contributed by atoms with van der Waals surface area (Å²) in [5.74, 6) is 0.677. The maximum Gasteiger partial charge on any atom is 0.295 e. The van der Waals surface area contributed by atoms with Crippen LogP contribution in [0.25, 0.3) is 16.6 Å². The molecule has 0 aliphatic heterocycles. The molecule has 0 fully saturated rings. The van der Waals surface area contributed by atoms with Gasteiger partial charge in [-0.2, -0.15) is 10.2 Å². The van der Waals surface area contributed by atoms with Gasteiger partial charge in [-0.25, -0.2) is 9.36 Å². The van der Waals surface area contributed by atoms with Crippen molar-refractivity contribution in [2.24, 2.45) is 0 Å². The predicted octanol–water partition coefficient (Wildman–Crippen LogP) is 2.33. The second-order valence-electron chi connectivity index (χ2n) is 6.63. The Morgan fingerprint density at radius 2 is 1.96 bits per heavy atom. The van der Waals surface area contributed by atoms with Gasteiger partial charge in [-0.3, -0.25) is 4.79 Å². The minimum absolute atomic E-state index is 0.0266. The largest absolute Gasteiger partial charge is 0.491 e. The van der Waals surface area contributed by atoms with E-state index in [1.807, 2.05) is 61.5 Å². The summed E-state index contributed by atoms with van der Waals surface area (Å²) in [5.41, 5.74) is 1.90. The molecule has 0 bridgehead atoms. The van der Waals surface area contributed by atoms with E-state index < -0.39 is 6.10 Å². The molecule has 4 rings (SSSR count). The third-order valence-electron chi connectivity index (χ3n) is 4.35. The van der Waals surface area contributed by atoms with Crippen LogP contribution in [-0.2, 0) is 6.54 Å². The first-order valence-corrected chi connectivity index (χ1v) is 8.98. The Morgan fingerprint density at radius 3 is 2.75 bits per heavy atom. The molecule has 0 saturated carbocycles. The van der Waals surface area contributed by atoms with E-state index in [-0.39, 0.29) is 18.7 Å². The lowest BCUT2D eigenvalue weighted by atomic mass is 10.2. The van der Waals surface area contributed by atoms with Crippen molar-refractivity contribution in [2.75, 3.05) is 6.61 Å². The number of fused-ring (bicyclic) bond motifs is 1. The molecule has 1 atom stereocenters. The average Bonchev–Trinajstić information content (AvgIpc) is 3.15. The van der Waals surface area contributed by atoms with Crippen molar-refractivity contribution in [1.29, 1.82) is 0 Å². The van der Waals surface area contributed by atoms with Gasteiger partial charge >= 0.3 is 0 Å². The molecule has 0 aliphatic rings. The number of aryl methyl sites for hydroxylation is 1. The number of hydrogen-bond donors (Lipinski definition) is 1.